The van der Waals surface area contributed by atoms with Crippen molar-refractivity contribution in [2.24, 2.45) is 5.92 Å². The molecule has 0 saturated carbocycles. The van der Waals surface area contributed by atoms with E-state index in [-0.39, 0.29) is 0 Å². The van der Waals surface area contributed by atoms with Gasteiger partial charge in [0.15, 0.2) is 0 Å². The van der Waals surface area contributed by atoms with Gasteiger partial charge in [-0.05, 0) is 51.8 Å². The van der Waals surface area contributed by atoms with Gasteiger partial charge >= 0.3 is 0 Å². The minimum atomic E-state index is 0.800. The van der Waals surface area contributed by atoms with Crippen LogP contribution in [-0.4, -0.2) is 22.9 Å². The summed E-state index contributed by atoms with van der Waals surface area (Å²) in [5, 5.41) is 7.99. The smallest absolute Gasteiger partial charge is 0.0596 e. The minimum absolute atomic E-state index is 0.800. The van der Waals surface area contributed by atoms with Crippen LogP contribution < -0.4 is 5.32 Å². The lowest BCUT2D eigenvalue weighted by Crippen LogP contribution is -2.23. The maximum absolute atomic E-state index is 4.46. The highest BCUT2D eigenvalue weighted by molar-refractivity contribution is 5.06. The first kappa shape index (κ1) is 14.2. The molecule has 98 valence electrons. The lowest BCUT2D eigenvalue weighted by molar-refractivity contribution is 0.458. The topological polar surface area (TPSA) is 29.9 Å². The van der Waals surface area contributed by atoms with Crippen molar-refractivity contribution in [1.82, 2.24) is 15.1 Å². The summed E-state index contributed by atoms with van der Waals surface area (Å²) in [6.45, 7) is 12.0. The standard InChI is InChI=1S/C14H27N3/c1-5-7-12(2)11-15-8-6-9-17-14(4)10-13(3)16-17/h10,12,15H,5-9,11H2,1-4H3. The summed E-state index contributed by atoms with van der Waals surface area (Å²) in [5.41, 5.74) is 2.38. The fourth-order valence-electron chi connectivity index (χ4n) is 2.20. The molecule has 0 saturated heterocycles. The lowest BCUT2D eigenvalue weighted by atomic mass is 10.1. The Morgan fingerprint density at radius 2 is 2.18 bits per heavy atom. The van der Waals surface area contributed by atoms with Crippen LogP contribution in [0.2, 0.25) is 0 Å². The summed E-state index contributed by atoms with van der Waals surface area (Å²) >= 11 is 0. The zero-order valence-corrected chi connectivity index (χ0v) is 11.8. The van der Waals surface area contributed by atoms with Gasteiger partial charge in [0.2, 0.25) is 0 Å². The fourth-order valence-corrected chi connectivity index (χ4v) is 2.20. The molecule has 3 heteroatoms. The fraction of sp³-hybridized carbons (Fsp3) is 0.786. The Hall–Kier alpha value is -0.830. The Morgan fingerprint density at radius 3 is 2.76 bits per heavy atom. The SMILES string of the molecule is CCCC(C)CNCCCn1nc(C)cc1C. The molecular weight excluding hydrogens is 210 g/mol. The van der Waals surface area contributed by atoms with E-state index in [1.54, 1.807) is 0 Å². The minimum Gasteiger partial charge on any atom is -0.316 e. The summed E-state index contributed by atoms with van der Waals surface area (Å²) in [6, 6.07) is 2.14. The van der Waals surface area contributed by atoms with Gasteiger partial charge in [-0.1, -0.05) is 20.3 Å². The molecule has 0 aliphatic rings. The molecule has 1 rings (SSSR count). The Labute approximate surface area is 106 Å². The molecule has 0 bridgehead atoms. The van der Waals surface area contributed by atoms with Crippen molar-refractivity contribution in [2.45, 2.75) is 53.5 Å². The van der Waals surface area contributed by atoms with Crippen LogP contribution in [0.3, 0.4) is 0 Å². The number of aromatic nitrogens is 2. The molecule has 0 spiro atoms. The van der Waals surface area contributed by atoms with Gasteiger partial charge in [-0.3, -0.25) is 4.68 Å². The van der Waals surface area contributed by atoms with Crippen LogP contribution in [0.1, 0.15) is 44.5 Å². The van der Waals surface area contributed by atoms with Gasteiger partial charge in [-0.2, -0.15) is 5.10 Å². The van der Waals surface area contributed by atoms with Crippen molar-refractivity contribution >= 4 is 0 Å². The summed E-state index contributed by atoms with van der Waals surface area (Å²) in [7, 11) is 0. The highest BCUT2D eigenvalue weighted by Gasteiger charge is 2.01. The van der Waals surface area contributed by atoms with Gasteiger partial charge in [-0.25, -0.2) is 0 Å². The molecule has 0 radical (unpaired) electrons. The van der Waals surface area contributed by atoms with Crippen molar-refractivity contribution in [2.75, 3.05) is 13.1 Å². The molecule has 17 heavy (non-hydrogen) atoms. The second-order valence-electron chi connectivity index (χ2n) is 5.10. The highest BCUT2D eigenvalue weighted by atomic mass is 15.3. The van der Waals surface area contributed by atoms with E-state index >= 15 is 0 Å². The number of rotatable bonds is 8. The molecule has 0 aliphatic heterocycles. The van der Waals surface area contributed by atoms with Crippen molar-refractivity contribution in [3.05, 3.63) is 17.5 Å². The molecule has 0 aromatic carbocycles. The molecule has 1 aromatic rings. The second-order valence-corrected chi connectivity index (χ2v) is 5.10. The number of hydrogen-bond acceptors (Lipinski definition) is 2. The second kappa shape index (κ2) is 7.49. The van der Waals surface area contributed by atoms with E-state index in [2.05, 4.69) is 41.9 Å². The van der Waals surface area contributed by atoms with Crippen LogP contribution in [0, 0.1) is 19.8 Å². The maximum atomic E-state index is 4.46. The first-order valence-corrected chi connectivity index (χ1v) is 6.85. The molecule has 0 fully saturated rings. The molecule has 3 nitrogen and oxygen atoms in total. The molecule has 1 aromatic heterocycles. The normalized spacial score (nSPS) is 12.9. The van der Waals surface area contributed by atoms with Crippen LogP contribution in [0.5, 0.6) is 0 Å². The maximum Gasteiger partial charge on any atom is 0.0596 e. The van der Waals surface area contributed by atoms with E-state index in [1.807, 2.05) is 6.92 Å². The number of hydrogen-bond donors (Lipinski definition) is 1. The van der Waals surface area contributed by atoms with E-state index in [1.165, 1.54) is 18.5 Å². The molecular formula is C14H27N3. The Balaban J connectivity index is 2.10. The van der Waals surface area contributed by atoms with Crippen LogP contribution >= 0.6 is 0 Å². The molecule has 0 amide bonds. The van der Waals surface area contributed by atoms with Crippen LogP contribution in [0.4, 0.5) is 0 Å². The number of nitrogens with one attached hydrogen (secondary N) is 1. The van der Waals surface area contributed by atoms with E-state index in [4.69, 9.17) is 0 Å². The Bertz CT molecular complexity index is 317. The molecule has 1 atom stereocenters. The van der Waals surface area contributed by atoms with Gasteiger partial charge in [0.1, 0.15) is 0 Å². The molecule has 0 aliphatic carbocycles. The number of aryl methyl sites for hydroxylation is 3. The Kier molecular flexibility index (Phi) is 6.27. The Morgan fingerprint density at radius 1 is 1.41 bits per heavy atom. The van der Waals surface area contributed by atoms with Gasteiger partial charge < -0.3 is 5.32 Å². The van der Waals surface area contributed by atoms with Crippen molar-refractivity contribution in [1.29, 1.82) is 0 Å². The van der Waals surface area contributed by atoms with Crippen molar-refractivity contribution in [3.63, 3.8) is 0 Å². The summed E-state index contributed by atoms with van der Waals surface area (Å²) < 4.78 is 2.10. The van der Waals surface area contributed by atoms with Crippen molar-refractivity contribution < 1.29 is 0 Å². The lowest BCUT2D eigenvalue weighted by Gasteiger charge is -2.11. The third-order valence-corrected chi connectivity index (χ3v) is 3.10. The number of nitrogens with zero attached hydrogens (tertiary/aromatic N) is 2. The zero-order valence-electron chi connectivity index (χ0n) is 11.8. The quantitative estimate of drug-likeness (QED) is 0.705. The zero-order chi connectivity index (χ0) is 12.7. The van der Waals surface area contributed by atoms with Crippen LogP contribution in [0.25, 0.3) is 0 Å². The van der Waals surface area contributed by atoms with Gasteiger partial charge in [0, 0.05) is 12.2 Å². The average molecular weight is 237 g/mol. The first-order chi connectivity index (χ1) is 8.13. The van der Waals surface area contributed by atoms with Gasteiger partial charge in [-0.15, -0.1) is 0 Å². The van der Waals surface area contributed by atoms with Crippen molar-refractivity contribution in [3.8, 4) is 0 Å². The van der Waals surface area contributed by atoms with E-state index in [0.29, 0.717) is 0 Å². The average Bonchev–Trinajstić information content (AvgIpc) is 2.57. The van der Waals surface area contributed by atoms with Crippen LogP contribution in [-0.2, 0) is 6.54 Å². The van der Waals surface area contributed by atoms with E-state index in [9.17, 15) is 0 Å². The van der Waals surface area contributed by atoms with Crippen LogP contribution in [0.15, 0.2) is 6.07 Å². The first-order valence-electron chi connectivity index (χ1n) is 6.85. The monoisotopic (exact) mass is 237 g/mol. The predicted molar refractivity (Wildman–Crippen MR) is 73.3 cm³/mol. The molecule has 1 N–H and O–H groups in total. The summed E-state index contributed by atoms with van der Waals surface area (Å²) in [5.74, 6) is 0.800. The third-order valence-electron chi connectivity index (χ3n) is 3.10. The largest absolute Gasteiger partial charge is 0.316 e. The molecule has 1 heterocycles. The highest BCUT2D eigenvalue weighted by Crippen LogP contribution is 2.04. The van der Waals surface area contributed by atoms with E-state index in [0.717, 1.165) is 37.7 Å². The third kappa shape index (κ3) is 5.35. The summed E-state index contributed by atoms with van der Waals surface area (Å²) in [4.78, 5) is 0. The predicted octanol–water partition coefficient (Wildman–Crippen LogP) is 2.92. The van der Waals surface area contributed by atoms with E-state index < -0.39 is 0 Å². The summed E-state index contributed by atoms with van der Waals surface area (Å²) in [6.07, 6.45) is 3.76. The van der Waals surface area contributed by atoms with Gasteiger partial charge in [0.05, 0.1) is 5.69 Å². The van der Waals surface area contributed by atoms with Gasteiger partial charge in [0.25, 0.3) is 0 Å². The molecule has 1 unspecified atom stereocenters.